The molecule has 0 spiro atoms. The van der Waals surface area contributed by atoms with E-state index < -0.39 is 6.17 Å². The van der Waals surface area contributed by atoms with Gasteiger partial charge >= 0.3 is 0 Å². The first-order valence-electron chi connectivity index (χ1n) is 9.87. The highest BCUT2D eigenvalue weighted by Gasteiger charge is 2.30. The third kappa shape index (κ3) is 3.19. The molecule has 0 aliphatic carbocycles. The third-order valence-electron chi connectivity index (χ3n) is 5.43. The van der Waals surface area contributed by atoms with Crippen LogP contribution in [0.5, 0.6) is 5.75 Å². The van der Waals surface area contributed by atoms with E-state index >= 15 is 0 Å². The summed E-state index contributed by atoms with van der Waals surface area (Å²) in [6.07, 6.45) is 2.79. The lowest BCUT2D eigenvalue weighted by Gasteiger charge is -2.35. The summed E-state index contributed by atoms with van der Waals surface area (Å²) in [5, 5.41) is 4.30. The van der Waals surface area contributed by atoms with Gasteiger partial charge < -0.3 is 14.4 Å². The van der Waals surface area contributed by atoms with Crippen molar-refractivity contribution in [1.82, 2.24) is 9.78 Å². The van der Waals surface area contributed by atoms with Crippen molar-refractivity contribution in [3.63, 3.8) is 0 Å². The van der Waals surface area contributed by atoms with Crippen LogP contribution in [0.25, 0.3) is 0 Å². The van der Waals surface area contributed by atoms with Gasteiger partial charge in [-0.2, -0.15) is 5.10 Å². The summed E-state index contributed by atoms with van der Waals surface area (Å²) in [6, 6.07) is 14.6. The number of halogens is 1. The van der Waals surface area contributed by atoms with Gasteiger partial charge in [-0.15, -0.1) is 0 Å². The van der Waals surface area contributed by atoms with Crippen LogP contribution in [0.1, 0.15) is 11.7 Å². The minimum Gasteiger partial charge on any atom is -0.495 e. The lowest BCUT2D eigenvalue weighted by molar-refractivity contribution is 0.122. The number of hydrogen-bond acceptors (Lipinski definition) is 6. The van der Waals surface area contributed by atoms with E-state index in [1.807, 2.05) is 35.2 Å². The van der Waals surface area contributed by atoms with Crippen LogP contribution in [0.3, 0.4) is 0 Å². The number of ether oxygens (including phenoxy) is 2. The minimum atomic E-state index is -0.547. The van der Waals surface area contributed by atoms with E-state index in [9.17, 15) is 4.39 Å². The fourth-order valence-electron chi connectivity index (χ4n) is 3.96. The zero-order chi connectivity index (χ0) is 20.5. The molecule has 2 aliphatic heterocycles. The highest BCUT2D eigenvalue weighted by molar-refractivity contribution is 5.76. The second-order valence-electron chi connectivity index (χ2n) is 7.12. The first-order chi connectivity index (χ1) is 14.8. The normalized spacial score (nSPS) is 18.4. The SMILES string of the molecule is COc1cc(N2c3ccnn3C=NC2c2ccccc2F)ccc1N1CCOCC1. The number of hydrogen-bond donors (Lipinski definition) is 0. The Morgan fingerprint density at radius 3 is 2.73 bits per heavy atom. The molecule has 2 aromatic carbocycles. The van der Waals surface area contributed by atoms with Crippen LogP contribution in [0.2, 0.25) is 0 Å². The van der Waals surface area contributed by atoms with Gasteiger partial charge in [-0.25, -0.2) is 14.1 Å². The molecule has 30 heavy (non-hydrogen) atoms. The van der Waals surface area contributed by atoms with Crippen molar-refractivity contribution in [2.24, 2.45) is 4.99 Å². The number of rotatable bonds is 4. The summed E-state index contributed by atoms with van der Waals surface area (Å²) in [4.78, 5) is 8.81. The van der Waals surface area contributed by atoms with E-state index in [1.165, 1.54) is 6.07 Å². The maximum Gasteiger partial charge on any atom is 0.157 e. The van der Waals surface area contributed by atoms with E-state index in [1.54, 1.807) is 36.5 Å². The third-order valence-corrected chi connectivity index (χ3v) is 5.43. The second-order valence-corrected chi connectivity index (χ2v) is 7.12. The number of methoxy groups -OCH3 is 1. The molecule has 5 rings (SSSR count). The fraction of sp³-hybridized carbons (Fsp3) is 0.273. The Kier molecular flexibility index (Phi) is 4.84. The number of fused-ring (bicyclic) bond motifs is 1. The van der Waals surface area contributed by atoms with Crippen molar-refractivity contribution in [3.05, 3.63) is 66.1 Å². The predicted molar refractivity (Wildman–Crippen MR) is 113 cm³/mol. The Labute approximate surface area is 174 Å². The molecule has 1 atom stereocenters. The molecule has 3 heterocycles. The molecule has 0 bridgehead atoms. The van der Waals surface area contributed by atoms with Crippen LogP contribution in [0.4, 0.5) is 21.6 Å². The Balaban J connectivity index is 1.59. The first kappa shape index (κ1) is 18.6. The molecule has 1 saturated heterocycles. The zero-order valence-corrected chi connectivity index (χ0v) is 16.6. The molecule has 0 radical (unpaired) electrons. The monoisotopic (exact) mass is 407 g/mol. The van der Waals surface area contributed by atoms with Crippen LogP contribution in [0, 0.1) is 5.82 Å². The zero-order valence-electron chi connectivity index (χ0n) is 16.6. The van der Waals surface area contributed by atoms with Gasteiger partial charge in [0.2, 0.25) is 0 Å². The van der Waals surface area contributed by atoms with Gasteiger partial charge in [-0.3, -0.25) is 4.90 Å². The molecule has 2 aliphatic rings. The van der Waals surface area contributed by atoms with Crippen molar-refractivity contribution in [2.45, 2.75) is 6.17 Å². The van der Waals surface area contributed by atoms with Crippen molar-refractivity contribution in [3.8, 4) is 5.75 Å². The van der Waals surface area contributed by atoms with Crippen molar-refractivity contribution < 1.29 is 13.9 Å². The average molecular weight is 407 g/mol. The minimum absolute atomic E-state index is 0.297. The van der Waals surface area contributed by atoms with Gasteiger partial charge in [0.25, 0.3) is 0 Å². The lowest BCUT2D eigenvalue weighted by atomic mass is 10.1. The number of aromatic nitrogens is 2. The molecule has 1 aromatic heterocycles. The van der Waals surface area contributed by atoms with Crippen molar-refractivity contribution in [2.75, 3.05) is 43.2 Å². The molecular formula is C22H22FN5O2. The smallest absolute Gasteiger partial charge is 0.157 e. The highest BCUT2D eigenvalue weighted by atomic mass is 19.1. The summed E-state index contributed by atoms with van der Waals surface area (Å²) in [5.41, 5.74) is 2.36. The highest BCUT2D eigenvalue weighted by Crippen LogP contribution is 2.42. The van der Waals surface area contributed by atoms with E-state index in [2.05, 4.69) is 15.0 Å². The number of aliphatic imine (C=N–C) groups is 1. The quantitative estimate of drug-likeness (QED) is 0.662. The maximum absolute atomic E-state index is 14.7. The molecule has 154 valence electrons. The summed E-state index contributed by atoms with van der Waals surface area (Å²) >= 11 is 0. The molecular weight excluding hydrogens is 385 g/mol. The van der Waals surface area contributed by atoms with Gasteiger partial charge in [0.15, 0.2) is 6.17 Å². The molecule has 0 amide bonds. The first-order valence-corrected chi connectivity index (χ1v) is 9.87. The second kappa shape index (κ2) is 7.79. The average Bonchev–Trinajstić information content (AvgIpc) is 3.28. The predicted octanol–water partition coefficient (Wildman–Crippen LogP) is 3.59. The lowest BCUT2D eigenvalue weighted by Crippen LogP contribution is -2.36. The Bertz CT molecular complexity index is 1080. The van der Waals surface area contributed by atoms with Crippen LogP contribution >= 0.6 is 0 Å². The summed E-state index contributed by atoms with van der Waals surface area (Å²) < 4.78 is 27.5. The number of benzene rings is 2. The van der Waals surface area contributed by atoms with Gasteiger partial charge in [-0.1, -0.05) is 18.2 Å². The number of anilines is 3. The van der Waals surface area contributed by atoms with E-state index in [-0.39, 0.29) is 5.82 Å². The molecule has 7 nitrogen and oxygen atoms in total. The van der Waals surface area contributed by atoms with E-state index in [0.717, 1.165) is 36.0 Å². The van der Waals surface area contributed by atoms with Crippen LogP contribution < -0.4 is 14.5 Å². The Morgan fingerprint density at radius 2 is 1.93 bits per heavy atom. The van der Waals surface area contributed by atoms with Crippen LogP contribution in [-0.4, -0.2) is 49.5 Å². The van der Waals surface area contributed by atoms with Crippen LogP contribution in [0.15, 0.2) is 59.7 Å². The molecule has 1 unspecified atom stereocenters. The molecule has 8 heteroatoms. The molecule has 0 saturated carbocycles. The van der Waals surface area contributed by atoms with Gasteiger partial charge in [0.1, 0.15) is 23.7 Å². The molecule has 1 fully saturated rings. The summed E-state index contributed by atoms with van der Waals surface area (Å²) in [5.74, 6) is 1.26. The summed E-state index contributed by atoms with van der Waals surface area (Å²) in [6.45, 7) is 3.02. The number of nitrogens with zero attached hydrogens (tertiary/aromatic N) is 5. The standard InChI is InChI=1S/C22H22FN5O2/c1-29-20-14-16(6-7-19(20)26-10-12-30-13-11-26)28-21-8-9-25-27(21)15-24-22(28)17-4-2-3-5-18(17)23/h2-9,14-15,22H,10-13H2,1H3. The van der Waals surface area contributed by atoms with Crippen molar-refractivity contribution >= 4 is 23.5 Å². The largest absolute Gasteiger partial charge is 0.495 e. The van der Waals surface area contributed by atoms with Crippen molar-refractivity contribution in [1.29, 1.82) is 0 Å². The van der Waals surface area contributed by atoms with Gasteiger partial charge in [0.05, 0.1) is 32.2 Å². The maximum atomic E-state index is 14.7. The van der Waals surface area contributed by atoms with E-state index in [0.29, 0.717) is 18.8 Å². The Hall–Kier alpha value is -3.39. The molecule has 0 N–H and O–H groups in total. The summed E-state index contributed by atoms with van der Waals surface area (Å²) in [7, 11) is 1.66. The topological polar surface area (TPSA) is 55.1 Å². The van der Waals surface area contributed by atoms with Gasteiger partial charge in [0, 0.05) is 36.5 Å². The Morgan fingerprint density at radius 1 is 1.10 bits per heavy atom. The van der Waals surface area contributed by atoms with Gasteiger partial charge in [-0.05, 0) is 18.2 Å². The van der Waals surface area contributed by atoms with Crippen LogP contribution in [-0.2, 0) is 4.74 Å². The fourth-order valence-corrected chi connectivity index (χ4v) is 3.96. The van der Waals surface area contributed by atoms with E-state index in [4.69, 9.17) is 9.47 Å². The number of morpholine rings is 1. The molecule has 3 aromatic rings.